The molecule has 2 aliphatic rings. The highest BCUT2D eigenvalue weighted by Gasteiger charge is 2.50. The summed E-state index contributed by atoms with van der Waals surface area (Å²) in [5, 5.41) is 39.1. The van der Waals surface area contributed by atoms with E-state index in [1.165, 1.54) is 22.8 Å². The van der Waals surface area contributed by atoms with Crippen molar-refractivity contribution in [2.24, 2.45) is 5.92 Å². The van der Waals surface area contributed by atoms with Crippen LogP contribution in [0.2, 0.25) is 0 Å². The Bertz CT molecular complexity index is 2530. The number of likely N-dealkylation sites (tertiary alicyclic amines) is 1. The summed E-state index contributed by atoms with van der Waals surface area (Å²) >= 11 is 0. The number of hydrogen-bond donors (Lipinski definition) is 3. The number of nitriles is 1. The third-order valence-electron chi connectivity index (χ3n) is 12.2. The summed E-state index contributed by atoms with van der Waals surface area (Å²) in [5.41, 5.74) is -0.0200. The molecule has 1 aliphatic heterocycles. The van der Waals surface area contributed by atoms with Gasteiger partial charge in [-0.15, -0.1) is 0 Å². The maximum Gasteiger partial charge on any atom is 0.371 e. The molecule has 0 spiro atoms. The van der Waals surface area contributed by atoms with Crippen LogP contribution in [0.1, 0.15) is 97.0 Å². The number of halogens is 1. The minimum atomic E-state index is -1.39. The molecule has 12 nitrogen and oxygen atoms in total. The number of carboxylic acids is 3. The van der Waals surface area contributed by atoms with Gasteiger partial charge in [-0.3, -0.25) is 14.4 Å². The number of rotatable bonds is 9. The van der Waals surface area contributed by atoms with E-state index in [2.05, 4.69) is 11.0 Å². The van der Waals surface area contributed by atoms with Gasteiger partial charge in [0, 0.05) is 42.2 Å². The first-order valence-electron chi connectivity index (χ1n) is 19.5. The van der Waals surface area contributed by atoms with Gasteiger partial charge < -0.3 is 29.2 Å². The number of nitrogens with zero attached hydrogens (tertiary/aromatic N) is 3. The second-order valence-corrected chi connectivity index (χ2v) is 15.3. The van der Waals surface area contributed by atoms with Crippen molar-refractivity contribution in [2.45, 2.75) is 89.1 Å². The molecule has 7 rings (SSSR count). The molecule has 0 bridgehead atoms. The van der Waals surface area contributed by atoms with Gasteiger partial charge in [-0.2, -0.15) is 5.26 Å². The van der Waals surface area contributed by atoms with Crippen molar-refractivity contribution in [3.8, 4) is 6.07 Å². The first kappa shape index (κ1) is 41.5. The maximum atomic E-state index is 13.3. The maximum absolute atomic E-state index is 13.3. The molecule has 3 aromatic carbocycles. The van der Waals surface area contributed by atoms with Crippen LogP contribution >= 0.6 is 0 Å². The predicted molar refractivity (Wildman–Crippen MR) is 215 cm³/mol. The van der Waals surface area contributed by atoms with E-state index in [0.717, 1.165) is 62.0 Å². The van der Waals surface area contributed by atoms with E-state index in [0.29, 0.717) is 36.4 Å². The van der Waals surface area contributed by atoms with Crippen molar-refractivity contribution in [3.63, 3.8) is 0 Å². The zero-order chi connectivity index (χ0) is 41.9. The number of carboxylic acid groups (broad SMARTS) is 3. The number of fused-ring (bicyclic) bond motifs is 2. The van der Waals surface area contributed by atoms with Gasteiger partial charge in [0.1, 0.15) is 17.1 Å². The predicted octanol–water partition coefficient (Wildman–Crippen LogP) is 7.37. The minimum absolute atomic E-state index is 0.0131. The molecule has 2 aromatic heterocycles. The van der Waals surface area contributed by atoms with Gasteiger partial charge in [0.25, 0.3) is 0 Å². The highest BCUT2D eigenvalue weighted by atomic mass is 19.1. The Labute approximate surface area is 333 Å². The van der Waals surface area contributed by atoms with Crippen LogP contribution in [0.5, 0.6) is 0 Å². The average molecular weight is 792 g/mol. The van der Waals surface area contributed by atoms with Crippen LogP contribution < -0.4 is 10.9 Å². The number of hydrogen-bond acceptors (Lipinski definition) is 8. The van der Waals surface area contributed by atoms with Gasteiger partial charge in [-0.25, -0.2) is 14.0 Å². The third kappa shape index (κ3) is 7.52. The monoisotopic (exact) mass is 791 g/mol. The SMILES string of the molecule is CCCc1c2oc(C(=O)O)cc(=O)c2cc2c(=O)cc(C(=O)O)n(CC)c12.C[C@@H]1CN(C2CCC(C#N)(c3ccc(F)cc3)CC2)CC[C@]1(C(=O)O)c1ccccc1. The third-order valence-corrected chi connectivity index (χ3v) is 12.2. The van der Waals surface area contributed by atoms with E-state index in [1.807, 2.05) is 44.2 Å². The number of benzene rings is 3. The highest BCUT2D eigenvalue weighted by Crippen LogP contribution is 2.45. The lowest BCUT2D eigenvalue weighted by atomic mass is 9.65. The molecule has 0 amide bonds. The molecule has 3 N–H and O–H groups in total. The Morgan fingerprint density at radius 3 is 2.09 bits per heavy atom. The van der Waals surface area contributed by atoms with E-state index < -0.39 is 45.4 Å². The molecule has 1 saturated carbocycles. The summed E-state index contributed by atoms with van der Waals surface area (Å²) in [4.78, 5) is 62.7. The number of aromatic carboxylic acids is 2. The smallest absolute Gasteiger partial charge is 0.371 e. The summed E-state index contributed by atoms with van der Waals surface area (Å²) in [6, 6.07) is 22.1. The first-order valence-corrected chi connectivity index (χ1v) is 19.5. The standard InChI is InChI=1S/C26H29FN2O2.C19H17NO7/c1-19-17-29(16-15-26(19,24(30)31)21-5-3-2-4-6-21)23-11-13-25(18-28,14-12-23)20-7-9-22(27)10-8-20;1-3-5-9-16-10(13(21)7-12(18(23)24)20(16)4-2)6-11-14(22)8-15(19(25)26)27-17(9)11/h2-10,19,23H,11-17H2,1H3,(H,30,31);6-8H,3-5H2,1-2H3,(H,23,24)(H,25,26)/t19-,23?,25?,26-;/m1./s1. The number of carbonyl (C=O) groups is 3. The fourth-order valence-electron chi connectivity index (χ4n) is 9.13. The number of aliphatic carboxylic acids is 1. The molecule has 58 heavy (non-hydrogen) atoms. The molecule has 302 valence electrons. The van der Waals surface area contributed by atoms with Crippen LogP contribution in [0, 0.1) is 23.1 Å². The fraction of sp³-hybridized carbons (Fsp3) is 0.378. The lowest BCUT2D eigenvalue weighted by molar-refractivity contribution is -0.149. The number of aromatic nitrogens is 1. The van der Waals surface area contributed by atoms with Crippen molar-refractivity contribution in [3.05, 3.63) is 127 Å². The first-order chi connectivity index (χ1) is 27.7. The van der Waals surface area contributed by atoms with E-state index in [-0.39, 0.29) is 40.3 Å². The van der Waals surface area contributed by atoms with Gasteiger partial charge in [0.05, 0.1) is 27.8 Å². The van der Waals surface area contributed by atoms with Crippen molar-refractivity contribution in [1.82, 2.24) is 9.47 Å². The Hall–Kier alpha value is -6.13. The summed E-state index contributed by atoms with van der Waals surface area (Å²) in [7, 11) is 0. The molecule has 2 fully saturated rings. The molecular weight excluding hydrogens is 746 g/mol. The number of pyridine rings is 1. The van der Waals surface area contributed by atoms with Crippen LogP contribution in [0.15, 0.2) is 86.8 Å². The Morgan fingerprint density at radius 2 is 1.53 bits per heavy atom. The van der Waals surface area contributed by atoms with Gasteiger partial charge in [-0.05, 0) is 87.2 Å². The average Bonchev–Trinajstić information content (AvgIpc) is 3.21. The highest BCUT2D eigenvalue weighted by molar-refractivity contribution is 6.01. The lowest BCUT2D eigenvalue weighted by Gasteiger charge is -2.48. The Balaban J connectivity index is 0.000000198. The van der Waals surface area contributed by atoms with E-state index in [9.17, 15) is 48.9 Å². The normalized spacial score (nSPS) is 22.1. The van der Waals surface area contributed by atoms with Gasteiger partial charge in [0.2, 0.25) is 5.76 Å². The topological polar surface area (TPSA) is 191 Å². The molecule has 5 aromatic rings. The van der Waals surface area contributed by atoms with Crippen molar-refractivity contribution in [2.75, 3.05) is 13.1 Å². The summed E-state index contributed by atoms with van der Waals surface area (Å²) < 4.78 is 20.3. The summed E-state index contributed by atoms with van der Waals surface area (Å²) in [5.74, 6) is -4.19. The molecule has 2 atom stereocenters. The Kier molecular flexibility index (Phi) is 12.0. The van der Waals surface area contributed by atoms with E-state index in [1.54, 1.807) is 19.1 Å². The summed E-state index contributed by atoms with van der Waals surface area (Å²) in [6.07, 6.45) is 4.85. The van der Waals surface area contributed by atoms with Crippen molar-refractivity contribution >= 4 is 39.8 Å². The van der Waals surface area contributed by atoms with Crippen molar-refractivity contribution in [1.29, 1.82) is 5.26 Å². The molecule has 0 unspecified atom stereocenters. The molecular formula is C45H46FN3O9. The minimum Gasteiger partial charge on any atom is -0.481 e. The van der Waals surface area contributed by atoms with Gasteiger partial charge in [-0.1, -0.05) is 62.7 Å². The van der Waals surface area contributed by atoms with Crippen LogP contribution in [-0.2, 0) is 28.6 Å². The number of aryl methyl sites for hydroxylation is 2. The quantitative estimate of drug-likeness (QED) is 0.126. The van der Waals surface area contributed by atoms with Crippen LogP contribution in [-0.4, -0.2) is 61.8 Å². The molecule has 1 aliphatic carbocycles. The summed E-state index contributed by atoms with van der Waals surface area (Å²) in [6.45, 7) is 7.41. The van der Waals surface area contributed by atoms with Crippen LogP contribution in [0.25, 0.3) is 21.9 Å². The number of piperidine rings is 1. The second kappa shape index (κ2) is 16.8. The lowest BCUT2D eigenvalue weighted by Crippen LogP contribution is -2.56. The zero-order valence-corrected chi connectivity index (χ0v) is 32.7. The molecule has 13 heteroatoms. The Morgan fingerprint density at radius 1 is 0.879 bits per heavy atom. The molecule has 0 radical (unpaired) electrons. The van der Waals surface area contributed by atoms with E-state index in [4.69, 9.17) is 4.42 Å². The fourth-order valence-corrected chi connectivity index (χ4v) is 9.13. The van der Waals surface area contributed by atoms with Crippen LogP contribution in [0.4, 0.5) is 4.39 Å². The van der Waals surface area contributed by atoms with Crippen molar-refractivity contribution < 1.29 is 38.5 Å². The second-order valence-electron chi connectivity index (χ2n) is 15.3. The van der Waals surface area contributed by atoms with Crippen LogP contribution in [0.3, 0.4) is 0 Å². The largest absolute Gasteiger partial charge is 0.481 e. The van der Waals surface area contributed by atoms with E-state index >= 15 is 0 Å². The van der Waals surface area contributed by atoms with Gasteiger partial charge >= 0.3 is 17.9 Å². The van der Waals surface area contributed by atoms with Gasteiger partial charge in [0.15, 0.2) is 10.9 Å². The molecule has 3 heterocycles. The molecule has 1 saturated heterocycles. The zero-order valence-electron chi connectivity index (χ0n) is 32.7.